The standard InChI is InChI=1S/C15H19N3O/c1-3-16-15(13-9-17-18(2)10-13)12-4-5-14-11(8-12)6-7-19-14/h4-5,8-10,15-16H,3,6-7H2,1-2H3. The molecule has 3 rings (SSSR count). The van der Waals surface area contributed by atoms with Crippen molar-refractivity contribution in [2.24, 2.45) is 7.05 Å². The molecule has 0 spiro atoms. The Hall–Kier alpha value is -1.81. The van der Waals surface area contributed by atoms with E-state index in [-0.39, 0.29) is 6.04 Å². The maximum absolute atomic E-state index is 5.57. The number of nitrogens with zero attached hydrogens (tertiary/aromatic N) is 2. The largest absolute Gasteiger partial charge is 0.493 e. The van der Waals surface area contributed by atoms with Gasteiger partial charge in [0.1, 0.15) is 5.75 Å². The van der Waals surface area contributed by atoms with Gasteiger partial charge in [0.05, 0.1) is 18.8 Å². The second kappa shape index (κ2) is 5.05. The maximum atomic E-state index is 5.57. The highest BCUT2D eigenvalue weighted by Gasteiger charge is 2.18. The molecule has 0 saturated carbocycles. The van der Waals surface area contributed by atoms with Crippen molar-refractivity contribution in [3.8, 4) is 5.75 Å². The molecule has 1 aliphatic rings. The Labute approximate surface area is 113 Å². The quantitative estimate of drug-likeness (QED) is 0.911. The van der Waals surface area contributed by atoms with Gasteiger partial charge in [-0.15, -0.1) is 0 Å². The summed E-state index contributed by atoms with van der Waals surface area (Å²) >= 11 is 0. The Bertz CT molecular complexity index is 577. The first-order valence-corrected chi connectivity index (χ1v) is 6.75. The molecule has 0 bridgehead atoms. The number of rotatable bonds is 4. The summed E-state index contributed by atoms with van der Waals surface area (Å²) in [6.07, 6.45) is 5.00. The fourth-order valence-corrected chi connectivity index (χ4v) is 2.61. The molecule has 1 aromatic heterocycles. The lowest BCUT2D eigenvalue weighted by atomic mass is 9.98. The first kappa shape index (κ1) is 12.2. The number of hydrogen-bond acceptors (Lipinski definition) is 3. The van der Waals surface area contributed by atoms with Crippen LogP contribution in [0.25, 0.3) is 0 Å². The summed E-state index contributed by atoms with van der Waals surface area (Å²) in [5.41, 5.74) is 3.78. The van der Waals surface area contributed by atoms with Gasteiger partial charge in [-0.25, -0.2) is 0 Å². The molecular weight excluding hydrogens is 238 g/mol. The molecule has 0 amide bonds. The molecule has 0 fully saturated rings. The van der Waals surface area contributed by atoms with Crippen LogP contribution in [-0.4, -0.2) is 22.9 Å². The van der Waals surface area contributed by atoms with E-state index >= 15 is 0 Å². The Morgan fingerprint density at radius 3 is 3.05 bits per heavy atom. The molecule has 2 heterocycles. The zero-order valence-electron chi connectivity index (χ0n) is 11.4. The Kier molecular flexibility index (Phi) is 3.25. The van der Waals surface area contributed by atoms with Gasteiger partial charge in [-0.05, 0) is 23.7 Å². The molecule has 100 valence electrons. The zero-order valence-corrected chi connectivity index (χ0v) is 11.4. The van der Waals surface area contributed by atoms with Crippen LogP contribution in [0.2, 0.25) is 0 Å². The number of fused-ring (bicyclic) bond motifs is 1. The number of aromatic nitrogens is 2. The summed E-state index contributed by atoms with van der Waals surface area (Å²) < 4.78 is 7.41. The minimum Gasteiger partial charge on any atom is -0.493 e. The molecule has 0 radical (unpaired) electrons. The summed E-state index contributed by atoms with van der Waals surface area (Å²) in [5, 5.41) is 7.80. The Balaban J connectivity index is 1.95. The zero-order chi connectivity index (χ0) is 13.2. The first-order chi connectivity index (χ1) is 9.28. The van der Waals surface area contributed by atoms with Gasteiger partial charge in [-0.2, -0.15) is 5.10 Å². The van der Waals surface area contributed by atoms with E-state index in [1.807, 2.05) is 17.9 Å². The fourth-order valence-electron chi connectivity index (χ4n) is 2.61. The van der Waals surface area contributed by atoms with E-state index in [9.17, 15) is 0 Å². The highest BCUT2D eigenvalue weighted by molar-refractivity contribution is 5.42. The number of nitrogens with one attached hydrogen (secondary N) is 1. The van der Waals surface area contributed by atoms with Gasteiger partial charge >= 0.3 is 0 Å². The summed E-state index contributed by atoms with van der Waals surface area (Å²) in [6.45, 7) is 3.85. The monoisotopic (exact) mass is 257 g/mol. The SMILES string of the molecule is CCNC(c1ccc2c(c1)CCO2)c1cnn(C)c1. The van der Waals surface area contributed by atoms with E-state index in [0.717, 1.165) is 25.3 Å². The van der Waals surface area contributed by atoms with Gasteiger partial charge in [-0.1, -0.05) is 19.1 Å². The van der Waals surface area contributed by atoms with Crippen LogP contribution in [0.1, 0.15) is 29.7 Å². The van der Waals surface area contributed by atoms with Crippen LogP contribution in [0.15, 0.2) is 30.6 Å². The third-order valence-corrected chi connectivity index (χ3v) is 3.51. The van der Waals surface area contributed by atoms with E-state index < -0.39 is 0 Å². The third kappa shape index (κ3) is 2.36. The van der Waals surface area contributed by atoms with Crippen molar-refractivity contribution in [1.82, 2.24) is 15.1 Å². The van der Waals surface area contributed by atoms with E-state index in [2.05, 4.69) is 41.7 Å². The lowest BCUT2D eigenvalue weighted by molar-refractivity contribution is 0.357. The average Bonchev–Trinajstić information content (AvgIpc) is 3.03. The van der Waals surface area contributed by atoms with Crippen LogP contribution in [0.5, 0.6) is 5.75 Å². The van der Waals surface area contributed by atoms with E-state index in [0.29, 0.717) is 0 Å². The maximum Gasteiger partial charge on any atom is 0.122 e. The predicted molar refractivity (Wildman–Crippen MR) is 74.4 cm³/mol. The van der Waals surface area contributed by atoms with Crippen LogP contribution in [0, 0.1) is 0 Å². The van der Waals surface area contributed by atoms with E-state index in [4.69, 9.17) is 4.74 Å². The molecule has 1 aromatic carbocycles. The van der Waals surface area contributed by atoms with Crippen LogP contribution in [0.3, 0.4) is 0 Å². The molecule has 1 atom stereocenters. The Morgan fingerprint density at radius 2 is 2.32 bits per heavy atom. The van der Waals surface area contributed by atoms with Gasteiger partial charge < -0.3 is 10.1 Å². The summed E-state index contributed by atoms with van der Waals surface area (Å²) in [7, 11) is 1.95. The topological polar surface area (TPSA) is 39.1 Å². The van der Waals surface area contributed by atoms with E-state index in [1.54, 1.807) is 0 Å². The Morgan fingerprint density at radius 1 is 1.42 bits per heavy atom. The van der Waals surface area contributed by atoms with Crippen LogP contribution in [0.4, 0.5) is 0 Å². The number of benzene rings is 1. The van der Waals surface area contributed by atoms with Gasteiger partial charge in [0.15, 0.2) is 0 Å². The minimum absolute atomic E-state index is 0.199. The van der Waals surface area contributed by atoms with Crippen molar-refractivity contribution in [3.05, 3.63) is 47.3 Å². The third-order valence-electron chi connectivity index (χ3n) is 3.51. The van der Waals surface area contributed by atoms with Gasteiger partial charge in [0, 0.05) is 25.2 Å². The lowest BCUT2D eigenvalue weighted by Gasteiger charge is -2.17. The highest BCUT2D eigenvalue weighted by atomic mass is 16.5. The minimum atomic E-state index is 0.199. The molecule has 0 aliphatic carbocycles. The normalized spacial score (nSPS) is 15.1. The van der Waals surface area contributed by atoms with Crippen molar-refractivity contribution in [2.75, 3.05) is 13.2 Å². The van der Waals surface area contributed by atoms with Gasteiger partial charge in [0.2, 0.25) is 0 Å². The molecule has 2 aromatic rings. The van der Waals surface area contributed by atoms with Gasteiger partial charge in [-0.3, -0.25) is 4.68 Å². The summed E-state index contributed by atoms with van der Waals surface area (Å²) in [6, 6.07) is 6.68. The molecule has 1 aliphatic heterocycles. The molecule has 1 unspecified atom stereocenters. The molecular formula is C15H19N3O. The van der Waals surface area contributed by atoms with Crippen molar-refractivity contribution < 1.29 is 4.74 Å². The highest BCUT2D eigenvalue weighted by Crippen LogP contribution is 2.30. The molecule has 19 heavy (non-hydrogen) atoms. The van der Waals surface area contributed by atoms with Crippen molar-refractivity contribution in [1.29, 1.82) is 0 Å². The average molecular weight is 257 g/mol. The number of ether oxygens (including phenoxy) is 1. The van der Waals surface area contributed by atoms with E-state index in [1.165, 1.54) is 16.7 Å². The van der Waals surface area contributed by atoms with Crippen LogP contribution >= 0.6 is 0 Å². The van der Waals surface area contributed by atoms with Crippen molar-refractivity contribution >= 4 is 0 Å². The molecule has 4 heteroatoms. The molecule has 4 nitrogen and oxygen atoms in total. The first-order valence-electron chi connectivity index (χ1n) is 6.75. The smallest absolute Gasteiger partial charge is 0.122 e. The molecule has 0 saturated heterocycles. The van der Waals surface area contributed by atoms with Crippen LogP contribution in [-0.2, 0) is 13.5 Å². The number of hydrogen-bond donors (Lipinski definition) is 1. The predicted octanol–water partition coefficient (Wildman–Crippen LogP) is 2.05. The summed E-state index contributed by atoms with van der Waals surface area (Å²) in [4.78, 5) is 0. The number of aryl methyl sites for hydroxylation is 1. The fraction of sp³-hybridized carbons (Fsp3) is 0.400. The summed E-state index contributed by atoms with van der Waals surface area (Å²) in [5.74, 6) is 1.03. The van der Waals surface area contributed by atoms with Crippen LogP contribution < -0.4 is 10.1 Å². The van der Waals surface area contributed by atoms with Crippen molar-refractivity contribution in [2.45, 2.75) is 19.4 Å². The van der Waals surface area contributed by atoms with Gasteiger partial charge in [0.25, 0.3) is 0 Å². The second-order valence-corrected chi connectivity index (χ2v) is 4.90. The second-order valence-electron chi connectivity index (χ2n) is 4.90. The molecule has 1 N–H and O–H groups in total. The lowest BCUT2D eigenvalue weighted by Crippen LogP contribution is -2.21. The van der Waals surface area contributed by atoms with Crippen molar-refractivity contribution in [3.63, 3.8) is 0 Å².